The molecule has 0 bridgehead atoms. The summed E-state index contributed by atoms with van der Waals surface area (Å²) < 4.78 is 21.3. The van der Waals surface area contributed by atoms with Crippen molar-refractivity contribution < 1.29 is 13.9 Å². The van der Waals surface area contributed by atoms with Crippen LogP contribution in [-0.2, 0) is 16.1 Å². The van der Waals surface area contributed by atoms with Gasteiger partial charge in [0.1, 0.15) is 5.82 Å². The Morgan fingerprint density at radius 1 is 1.17 bits per heavy atom. The number of halogens is 1. The molecule has 6 heteroatoms. The molecule has 2 heterocycles. The van der Waals surface area contributed by atoms with Crippen LogP contribution in [0.5, 0.6) is 0 Å². The first-order valence-corrected chi connectivity index (χ1v) is 10.6. The van der Waals surface area contributed by atoms with E-state index in [0.29, 0.717) is 18.7 Å². The van der Waals surface area contributed by atoms with Crippen molar-refractivity contribution in [2.45, 2.75) is 60.3 Å². The maximum Gasteiger partial charge on any atom is 0.222 e. The number of hydrogen-bond acceptors (Lipinski definition) is 4. The van der Waals surface area contributed by atoms with Crippen LogP contribution in [0.2, 0.25) is 0 Å². The lowest BCUT2D eigenvalue weighted by Crippen LogP contribution is -2.45. The SMILES string of the molecule is Cc1cc(-c2c(F)cc(N3C[C@@H](C)O[C@@H](C)C3)cc2CNC(=O)C(C)C)cc(C)n1. The van der Waals surface area contributed by atoms with Gasteiger partial charge in [-0.2, -0.15) is 0 Å². The number of nitrogens with one attached hydrogen (secondary N) is 1. The number of nitrogens with zero attached hydrogens (tertiary/aromatic N) is 2. The van der Waals surface area contributed by atoms with E-state index >= 15 is 4.39 Å². The van der Waals surface area contributed by atoms with Crippen LogP contribution in [0.25, 0.3) is 11.1 Å². The summed E-state index contributed by atoms with van der Waals surface area (Å²) in [5.41, 5.74) is 4.54. The summed E-state index contributed by atoms with van der Waals surface area (Å²) in [6.07, 6.45) is 0.150. The van der Waals surface area contributed by atoms with Crippen LogP contribution >= 0.6 is 0 Å². The van der Waals surface area contributed by atoms with Gasteiger partial charge >= 0.3 is 0 Å². The highest BCUT2D eigenvalue weighted by Gasteiger charge is 2.24. The topological polar surface area (TPSA) is 54.5 Å². The predicted molar refractivity (Wildman–Crippen MR) is 118 cm³/mol. The Morgan fingerprint density at radius 2 is 1.77 bits per heavy atom. The lowest BCUT2D eigenvalue weighted by Gasteiger charge is -2.37. The molecule has 2 aromatic rings. The zero-order chi connectivity index (χ0) is 22.0. The molecule has 1 aromatic heterocycles. The van der Waals surface area contributed by atoms with Gasteiger partial charge in [0.2, 0.25) is 5.91 Å². The van der Waals surface area contributed by atoms with Crippen molar-refractivity contribution in [3.8, 4) is 11.1 Å². The van der Waals surface area contributed by atoms with Crippen molar-refractivity contribution in [1.29, 1.82) is 0 Å². The van der Waals surface area contributed by atoms with E-state index in [1.807, 2.05) is 59.7 Å². The van der Waals surface area contributed by atoms with Crippen molar-refractivity contribution in [3.05, 3.63) is 47.0 Å². The van der Waals surface area contributed by atoms with Gasteiger partial charge in [0.25, 0.3) is 0 Å². The van der Waals surface area contributed by atoms with Crippen molar-refractivity contribution in [2.24, 2.45) is 5.92 Å². The molecule has 0 spiro atoms. The lowest BCUT2D eigenvalue weighted by atomic mass is 9.96. The van der Waals surface area contributed by atoms with Crippen LogP contribution in [-0.4, -0.2) is 36.2 Å². The largest absolute Gasteiger partial charge is 0.372 e. The smallest absolute Gasteiger partial charge is 0.222 e. The van der Waals surface area contributed by atoms with Crippen molar-refractivity contribution in [2.75, 3.05) is 18.0 Å². The summed E-state index contributed by atoms with van der Waals surface area (Å²) in [5, 5.41) is 2.95. The standard InChI is InChI=1S/C24H32FN3O2/c1-14(2)24(29)26-11-20-9-21(28-12-17(5)30-18(6)13-28)10-22(25)23(20)19-7-15(3)27-16(4)8-19/h7-10,14,17-18H,11-13H2,1-6H3,(H,26,29)/t17-,18+. The Hall–Kier alpha value is -2.47. The number of anilines is 1. The van der Waals surface area contributed by atoms with Crippen LogP contribution in [0.3, 0.4) is 0 Å². The van der Waals surface area contributed by atoms with Gasteiger partial charge in [-0.1, -0.05) is 13.8 Å². The number of aromatic nitrogens is 1. The second-order valence-electron chi connectivity index (χ2n) is 8.64. The molecular weight excluding hydrogens is 381 g/mol. The molecule has 1 aromatic carbocycles. The molecule has 1 saturated heterocycles. The number of amides is 1. The summed E-state index contributed by atoms with van der Waals surface area (Å²) in [4.78, 5) is 18.8. The number of aryl methyl sites for hydroxylation is 2. The molecule has 2 atom stereocenters. The molecule has 1 fully saturated rings. The third-order valence-corrected chi connectivity index (χ3v) is 5.29. The molecule has 30 heavy (non-hydrogen) atoms. The second-order valence-corrected chi connectivity index (χ2v) is 8.64. The molecule has 0 aliphatic carbocycles. The minimum Gasteiger partial charge on any atom is -0.372 e. The molecule has 0 saturated carbocycles. The van der Waals surface area contributed by atoms with Gasteiger partial charge in [-0.3, -0.25) is 9.78 Å². The highest BCUT2D eigenvalue weighted by atomic mass is 19.1. The fourth-order valence-corrected chi connectivity index (χ4v) is 4.05. The van der Waals surface area contributed by atoms with E-state index in [4.69, 9.17) is 4.74 Å². The van der Waals surface area contributed by atoms with E-state index < -0.39 is 0 Å². The number of carbonyl (C=O) groups excluding carboxylic acids is 1. The normalized spacial score (nSPS) is 19.3. The van der Waals surface area contributed by atoms with E-state index in [-0.39, 0.29) is 36.4 Å². The van der Waals surface area contributed by atoms with Gasteiger partial charge in [-0.05, 0) is 63.1 Å². The van der Waals surface area contributed by atoms with Gasteiger partial charge in [0.15, 0.2) is 0 Å². The van der Waals surface area contributed by atoms with Crippen LogP contribution in [0.1, 0.15) is 44.6 Å². The maximum atomic E-state index is 15.5. The van der Waals surface area contributed by atoms with Gasteiger partial charge in [0, 0.05) is 48.2 Å². The van der Waals surface area contributed by atoms with E-state index in [2.05, 4.69) is 15.2 Å². The van der Waals surface area contributed by atoms with Gasteiger partial charge in [-0.15, -0.1) is 0 Å². The van der Waals surface area contributed by atoms with E-state index in [9.17, 15) is 4.79 Å². The van der Waals surface area contributed by atoms with E-state index in [1.54, 1.807) is 6.07 Å². The first-order valence-electron chi connectivity index (χ1n) is 10.6. The first-order chi connectivity index (χ1) is 14.1. The Morgan fingerprint density at radius 3 is 2.33 bits per heavy atom. The number of hydrogen-bond donors (Lipinski definition) is 1. The number of pyridine rings is 1. The van der Waals surface area contributed by atoms with E-state index in [0.717, 1.165) is 28.2 Å². The summed E-state index contributed by atoms with van der Waals surface area (Å²) >= 11 is 0. The van der Waals surface area contributed by atoms with Gasteiger partial charge in [0.05, 0.1) is 12.2 Å². The van der Waals surface area contributed by atoms with Crippen molar-refractivity contribution in [1.82, 2.24) is 10.3 Å². The Kier molecular flexibility index (Phi) is 6.76. The quantitative estimate of drug-likeness (QED) is 0.790. The first kappa shape index (κ1) is 22.2. The number of benzene rings is 1. The van der Waals surface area contributed by atoms with Crippen LogP contribution in [0, 0.1) is 25.6 Å². The highest BCUT2D eigenvalue weighted by molar-refractivity contribution is 5.79. The molecule has 1 N–H and O–H groups in total. The van der Waals surface area contributed by atoms with Crippen LogP contribution in [0.4, 0.5) is 10.1 Å². The minimum absolute atomic E-state index is 0.0533. The molecule has 1 aliphatic heterocycles. The zero-order valence-electron chi connectivity index (χ0n) is 18.8. The summed E-state index contributed by atoms with van der Waals surface area (Å²) in [7, 11) is 0. The zero-order valence-corrected chi connectivity index (χ0v) is 18.8. The molecule has 5 nitrogen and oxygen atoms in total. The molecule has 3 rings (SSSR count). The molecule has 162 valence electrons. The fourth-order valence-electron chi connectivity index (χ4n) is 4.05. The summed E-state index contributed by atoms with van der Waals surface area (Å²) in [6.45, 7) is 13.2. The van der Waals surface area contributed by atoms with E-state index in [1.165, 1.54) is 0 Å². The number of ether oxygens (including phenoxy) is 1. The Bertz CT molecular complexity index is 899. The predicted octanol–water partition coefficient (Wildman–Crippen LogP) is 4.39. The maximum absolute atomic E-state index is 15.5. The number of rotatable bonds is 5. The average molecular weight is 414 g/mol. The molecular formula is C24H32FN3O2. The summed E-state index contributed by atoms with van der Waals surface area (Å²) in [6, 6.07) is 7.36. The molecule has 1 amide bonds. The highest BCUT2D eigenvalue weighted by Crippen LogP contribution is 2.33. The monoisotopic (exact) mass is 413 g/mol. The van der Waals surface area contributed by atoms with Crippen molar-refractivity contribution in [3.63, 3.8) is 0 Å². The van der Waals surface area contributed by atoms with Crippen molar-refractivity contribution >= 4 is 11.6 Å². The fraction of sp³-hybridized carbons (Fsp3) is 0.500. The average Bonchev–Trinajstić information content (AvgIpc) is 2.63. The number of morpholine rings is 1. The third kappa shape index (κ3) is 5.17. The van der Waals surface area contributed by atoms with Crippen LogP contribution in [0.15, 0.2) is 24.3 Å². The molecule has 0 unspecified atom stereocenters. The molecule has 1 aliphatic rings. The third-order valence-electron chi connectivity index (χ3n) is 5.29. The Balaban J connectivity index is 2.05. The number of carbonyl (C=O) groups is 1. The van der Waals surface area contributed by atoms with Gasteiger partial charge < -0.3 is 15.0 Å². The van der Waals surface area contributed by atoms with Gasteiger partial charge in [-0.25, -0.2) is 4.39 Å². The van der Waals surface area contributed by atoms with Crippen LogP contribution < -0.4 is 10.2 Å². The second kappa shape index (κ2) is 9.13. The molecule has 0 radical (unpaired) electrons. The lowest BCUT2D eigenvalue weighted by molar-refractivity contribution is -0.124. The minimum atomic E-state index is -0.293. The Labute approximate surface area is 178 Å². The summed E-state index contributed by atoms with van der Waals surface area (Å²) in [5.74, 6) is -0.478.